The normalized spacial score (nSPS) is 13.2. The van der Waals surface area contributed by atoms with Crippen LogP contribution in [-0.4, -0.2) is 28.5 Å². The summed E-state index contributed by atoms with van der Waals surface area (Å²) < 4.78 is 38.1. The third-order valence-electron chi connectivity index (χ3n) is 3.73. The number of methoxy groups -OCH3 is 2. The Labute approximate surface area is 149 Å². The van der Waals surface area contributed by atoms with Gasteiger partial charge in [-0.25, -0.2) is 8.42 Å². The molecule has 2 N–H and O–H groups in total. The second-order valence-corrected chi connectivity index (χ2v) is 7.43. The van der Waals surface area contributed by atoms with Crippen LogP contribution < -0.4 is 19.5 Å². The van der Waals surface area contributed by atoms with Crippen LogP contribution >= 0.6 is 11.6 Å². The maximum absolute atomic E-state index is 12.7. The molecule has 1 aliphatic rings. The van der Waals surface area contributed by atoms with Gasteiger partial charge in [0.1, 0.15) is 11.5 Å². The van der Waals surface area contributed by atoms with Crippen molar-refractivity contribution in [2.75, 3.05) is 24.3 Å². The van der Waals surface area contributed by atoms with Crippen molar-refractivity contribution in [3.8, 4) is 11.5 Å². The van der Waals surface area contributed by atoms with E-state index in [0.29, 0.717) is 17.0 Å². The zero-order chi connectivity index (χ0) is 18.2. The minimum Gasteiger partial charge on any atom is -0.495 e. The molecule has 7 nitrogen and oxygen atoms in total. The largest absolute Gasteiger partial charge is 0.495 e. The van der Waals surface area contributed by atoms with Crippen molar-refractivity contribution in [3.05, 3.63) is 40.9 Å². The maximum Gasteiger partial charge on any atom is 0.262 e. The number of hydrogen-bond acceptors (Lipinski definition) is 5. The molecule has 1 amide bonds. The van der Waals surface area contributed by atoms with E-state index in [1.165, 1.54) is 38.5 Å². The summed E-state index contributed by atoms with van der Waals surface area (Å²) in [5.74, 6) is 0.465. The van der Waals surface area contributed by atoms with Gasteiger partial charge in [-0.2, -0.15) is 0 Å². The van der Waals surface area contributed by atoms with Gasteiger partial charge in [-0.05, 0) is 29.8 Å². The average Bonchev–Trinajstić information content (AvgIpc) is 2.94. The SMILES string of the molecule is COc1cc(OC)c(NS(=O)(=O)c2ccc3c(c2)CC(=O)N3)cc1Cl. The molecular weight excluding hydrogens is 368 g/mol. The highest BCUT2D eigenvalue weighted by molar-refractivity contribution is 7.92. The maximum atomic E-state index is 12.7. The topological polar surface area (TPSA) is 93.7 Å². The van der Waals surface area contributed by atoms with Gasteiger partial charge in [0.15, 0.2) is 0 Å². The Bertz CT molecular complexity index is 959. The lowest BCUT2D eigenvalue weighted by Gasteiger charge is -2.14. The summed E-state index contributed by atoms with van der Waals surface area (Å²) in [4.78, 5) is 11.5. The van der Waals surface area contributed by atoms with Crippen molar-refractivity contribution in [3.63, 3.8) is 0 Å². The molecule has 1 heterocycles. The molecule has 0 spiro atoms. The number of anilines is 2. The predicted octanol–water partition coefficient (Wildman–Crippen LogP) is 2.65. The molecule has 0 fully saturated rings. The quantitative estimate of drug-likeness (QED) is 0.829. The first kappa shape index (κ1) is 17.4. The van der Waals surface area contributed by atoms with E-state index in [9.17, 15) is 13.2 Å². The Morgan fingerprint density at radius 3 is 2.52 bits per heavy atom. The molecule has 25 heavy (non-hydrogen) atoms. The Hall–Kier alpha value is -2.45. The first-order valence-electron chi connectivity index (χ1n) is 7.21. The van der Waals surface area contributed by atoms with Crippen molar-refractivity contribution < 1.29 is 22.7 Å². The number of fused-ring (bicyclic) bond motifs is 1. The molecule has 0 saturated carbocycles. The Morgan fingerprint density at radius 1 is 1.12 bits per heavy atom. The molecule has 0 bridgehead atoms. The average molecular weight is 383 g/mol. The molecule has 1 aliphatic heterocycles. The molecule has 9 heteroatoms. The minimum atomic E-state index is -3.89. The minimum absolute atomic E-state index is 0.0387. The van der Waals surface area contributed by atoms with E-state index in [4.69, 9.17) is 21.1 Å². The van der Waals surface area contributed by atoms with Crippen LogP contribution in [0.1, 0.15) is 5.56 Å². The fraction of sp³-hybridized carbons (Fsp3) is 0.188. The monoisotopic (exact) mass is 382 g/mol. The van der Waals surface area contributed by atoms with E-state index in [0.717, 1.165) is 0 Å². The van der Waals surface area contributed by atoms with Gasteiger partial charge < -0.3 is 14.8 Å². The van der Waals surface area contributed by atoms with Crippen LogP contribution in [0.2, 0.25) is 5.02 Å². The third kappa shape index (κ3) is 3.35. The van der Waals surface area contributed by atoms with Crippen LogP contribution in [0, 0.1) is 0 Å². The summed E-state index contributed by atoms with van der Waals surface area (Å²) in [7, 11) is -1.03. The van der Waals surface area contributed by atoms with Crippen molar-refractivity contribution in [1.82, 2.24) is 0 Å². The number of hydrogen-bond donors (Lipinski definition) is 2. The van der Waals surface area contributed by atoms with Gasteiger partial charge >= 0.3 is 0 Å². The molecule has 2 aromatic rings. The molecule has 0 radical (unpaired) electrons. The van der Waals surface area contributed by atoms with Gasteiger partial charge in [-0.15, -0.1) is 0 Å². The highest BCUT2D eigenvalue weighted by atomic mass is 35.5. The van der Waals surface area contributed by atoms with Crippen molar-refractivity contribution >= 4 is 38.9 Å². The number of carbonyl (C=O) groups is 1. The van der Waals surface area contributed by atoms with Crippen LogP contribution in [0.3, 0.4) is 0 Å². The molecule has 0 atom stereocenters. The van der Waals surface area contributed by atoms with Gasteiger partial charge in [-0.1, -0.05) is 11.6 Å². The van der Waals surface area contributed by atoms with Crippen LogP contribution in [0.5, 0.6) is 11.5 Å². The number of rotatable bonds is 5. The molecular formula is C16H15ClN2O5S. The van der Waals surface area contributed by atoms with Gasteiger partial charge in [-0.3, -0.25) is 9.52 Å². The fourth-order valence-corrected chi connectivity index (χ4v) is 3.87. The number of amides is 1. The summed E-state index contributed by atoms with van der Waals surface area (Å²) in [5.41, 5.74) is 1.43. The van der Waals surface area contributed by atoms with Crippen molar-refractivity contribution in [1.29, 1.82) is 0 Å². The smallest absolute Gasteiger partial charge is 0.262 e. The fourth-order valence-electron chi connectivity index (χ4n) is 2.52. The van der Waals surface area contributed by atoms with E-state index >= 15 is 0 Å². The van der Waals surface area contributed by atoms with E-state index in [2.05, 4.69) is 10.0 Å². The van der Waals surface area contributed by atoms with Crippen molar-refractivity contribution in [2.45, 2.75) is 11.3 Å². The number of benzene rings is 2. The summed E-state index contributed by atoms with van der Waals surface area (Å²) in [5, 5.41) is 2.90. The van der Waals surface area contributed by atoms with Crippen molar-refractivity contribution in [2.24, 2.45) is 0 Å². The number of carbonyl (C=O) groups excluding carboxylic acids is 1. The second-order valence-electron chi connectivity index (χ2n) is 5.34. The van der Waals surface area contributed by atoms with E-state index in [-0.39, 0.29) is 33.7 Å². The lowest BCUT2D eigenvalue weighted by molar-refractivity contribution is -0.115. The predicted molar refractivity (Wildman–Crippen MR) is 94.1 cm³/mol. The highest BCUT2D eigenvalue weighted by Crippen LogP contribution is 2.37. The Kier molecular flexibility index (Phi) is 4.49. The summed E-state index contributed by atoms with van der Waals surface area (Å²) in [6.07, 6.45) is 0.149. The lowest BCUT2D eigenvalue weighted by Crippen LogP contribution is -2.14. The zero-order valence-corrected chi connectivity index (χ0v) is 15.0. The molecule has 132 valence electrons. The number of sulfonamides is 1. The highest BCUT2D eigenvalue weighted by Gasteiger charge is 2.23. The van der Waals surface area contributed by atoms with Gasteiger partial charge in [0, 0.05) is 11.8 Å². The second kappa shape index (κ2) is 6.45. The van der Waals surface area contributed by atoms with Crippen LogP contribution in [0.15, 0.2) is 35.2 Å². The van der Waals surface area contributed by atoms with Gasteiger partial charge in [0.25, 0.3) is 10.0 Å². The summed E-state index contributed by atoms with van der Waals surface area (Å²) in [6, 6.07) is 7.35. The first-order valence-corrected chi connectivity index (χ1v) is 9.07. The number of halogens is 1. The third-order valence-corrected chi connectivity index (χ3v) is 5.39. The Morgan fingerprint density at radius 2 is 1.84 bits per heavy atom. The van der Waals surface area contributed by atoms with E-state index < -0.39 is 10.0 Å². The van der Waals surface area contributed by atoms with Gasteiger partial charge in [0.2, 0.25) is 5.91 Å². The van der Waals surface area contributed by atoms with E-state index in [1.807, 2.05) is 0 Å². The Balaban J connectivity index is 1.96. The zero-order valence-electron chi connectivity index (χ0n) is 13.4. The molecule has 0 aromatic heterocycles. The summed E-state index contributed by atoms with van der Waals surface area (Å²) in [6.45, 7) is 0. The van der Waals surface area contributed by atoms with Crippen LogP contribution in [0.4, 0.5) is 11.4 Å². The van der Waals surface area contributed by atoms with Crippen LogP contribution in [0.25, 0.3) is 0 Å². The molecule has 0 aliphatic carbocycles. The van der Waals surface area contributed by atoms with Crippen LogP contribution in [-0.2, 0) is 21.2 Å². The van der Waals surface area contributed by atoms with Gasteiger partial charge in [0.05, 0.1) is 36.2 Å². The molecule has 3 rings (SSSR count). The molecule has 0 unspecified atom stereocenters. The molecule has 0 saturated heterocycles. The lowest BCUT2D eigenvalue weighted by atomic mass is 10.2. The first-order chi connectivity index (χ1) is 11.8. The number of ether oxygens (including phenoxy) is 2. The summed E-state index contributed by atoms with van der Waals surface area (Å²) >= 11 is 6.06. The van der Waals surface area contributed by atoms with E-state index in [1.54, 1.807) is 6.07 Å². The molecule has 2 aromatic carbocycles. The number of nitrogens with one attached hydrogen (secondary N) is 2. The standard InChI is InChI=1S/C16H15ClN2O5S/c1-23-14-8-15(24-2)13(7-11(14)17)19-25(21,22)10-3-4-12-9(5-10)6-16(20)18-12/h3-5,7-8,19H,6H2,1-2H3,(H,18,20).